The van der Waals surface area contributed by atoms with E-state index in [2.05, 4.69) is 0 Å². The Hall–Kier alpha value is -2.53. The largest absolute Gasteiger partial charge is 0.484 e. The van der Waals surface area contributed by atoms with Gasteiger partial charge in [-0.1, -0.05) is 47.5 Å². The summed E-state index contributed by atoms with van der Waals surface area (Å²) >= 11 is 12.2. The van der Waals surface area contributed by atoms with Crippen LogP contribution in [0.4, 0.5) is 0 Å². The molecule has 154 valence electrons. The van der Waals surface area contributed by atoms with E-state index in [0.29, 0.717) is 23.1 Å². The third-order valence-electron chi connectivity index (χ3n) is 5.24. The molecule has 0 radical (unpaired) electrons. The molecule has 1 N–H and O–H groups in total. The first-order chi connectivity index (χ1) is 14.3. The van der Waals surface area contributed by atoms with E-state index in [4.69, 9.17) is 37.8 Å². The molecule has 6 heteroatoms. The molecule has 4 nitrogen and oxygen atoms in total. The number of hydrogen-bond donors (Lipinski definition) is 1. The number of carbonyl (C=O) groups is 1. The van der Waals surface area contributed by atoms with Crippen molar-refractivity contribution in [2.24, 2.45) is 0 Å². The molecule has 0 unspecified atom stereocenters. The quantitative estimate of drug-likeness (QED) is 0.483. The lowest BCUT2D eigenvalue weighted by atomic mass is 9.88. The van der Waals surface area contributed by atoms with Crippen LogP contribution in [0.25, 0.3) is 0 Å². The Labute approximate surface area is 185 Å². The van der Waals surface area contributed by atoms with Crippen molar-refractivity contribution in [3.05, 3.63) is 99.0 Å². The monoisotopic (exact) mass is 442 g/mol. The van der Waals surface area contributed by atoms with Crippen molar-refractivity contribution in [3.63, 3.8) is 0 Å². The Bertz CT molecular complexity index is 1060. The van der Waals surface area contributed by atoms with E-state index < -0.39 is 11.6 Å². The molecular formula is C24H20Cl2O4. The van der Waals surface area contributed by atoms with E-state index in [0.717, 1.165) is 22.4 Å². The number of halogens is 2. The Morgan fingerprint density at radius 3 is 2.30 bits per heavy atom. The lowest BCUT2D eigenvalue weighted by Gasteiger charge is -2.31. The van der Waals surface area contributed by atoms with Gasteiger partial charge in [-0.05, 0) is 60.5 Å². The lowest BCUT2D eigenvalue weighted by molar-refractivity contribution is -0.0692. The van der Waals surface area contributed by atoms with Crippen LogP contribution in [0, 0.1) is 0 Å². The molecule has 0 spiro atoms. The molecule has 0 aromatic heterocycles. The van der Waals surface area contributed by atoms with Gasteiger partial charge in [0.05, 0.1) is 12.2 Å². The molecule has 3 aromatic rings. The number of hydrogen-bond acceptors (Lipinski definition) is 3. The standard InChI is InChI=1S/C24H20Cl2O4/c1-24(13-15-2-6-17(7-3-15)23(27)28)22(20-12-19(26)10-11-21(20)30-24)29-14-16-4-8-18(25)9-5-16/h2-12,22H,13-14H2,1H3,(H,27,28)/t22-,24-/m0/s1. The van der Waals surface area contributed by atoms with E-state index in [-0.39, 0.29) is 11.7 Å². The number of rotatable bonds is 6. The van der Waals surface area contributed by atoms with Gasteiger partial charge in [-0.25, -0.2) is 4.79 Å². The van der Waals surface area contributed by atoms with Gasteiger partial charge in [-0.2, -0.15) is 0 Å². The highest BCUT2D eigenvalue weighted by Gasteiger charge is 2.46. The fraction of sp³-hybridized carbons (Fsp3) is 0.208. The van der Waals surface area contributed by atoms with E-state index in [1.807, 2.05) is 55.5 Å². The van der Waals surface area contributed by atoms with Gasteiger partial charge in [-0.15, -0.1) is 0 Å². The molecule has 0 saturated carbocycles. The van der Waals surface area contributed by atoms with Crippen molar-refractivity contribution in [3.8, 4) is 5.75 Å². The van der Waals surface area contributed by atoms with Crippen LogP contribution in [0.5, 0.6) is 5.75 Å². The third kappa shape index (κ3) is 4.31. The average molecular weight is 443 g/mol. The predicted octanol–water partition coefficient (Wildman–Crippen LogP) is 6.34. The van der Waals surface area contributed by atoms with Crippen molar-refractivity contribution < 1.29 is 19.4 Å². The highest BCUT2D eigenvalue weighted by Crippen LogP contribution is 2.48. The number of aromatic carboxylic acids is 1. The summed E-state index contributed by atoms with van der Waals surface area (Å²) in [7, 11) is 0. The second kappa shape index (κ2) is 8.31. The lowest BCUT2D eigenvalue weighted by Crippen LogP contribution is -2.38. The zero-order chi connectivity index (χ0) is 21.3. The molecular weight excluding hydrogens is 423 g/mol. The van der Waals surface area contributed by atoms with E-state index >= 15 is 0 Å². The van der Waals surface area contributed by atoms with E-state index in [1.54, 1.807) is 18.2 Å². The van der Waals surface area contributed by atoms with Crippen molar-refractivity contribution in [1.82, 2.24) is 0 Å². The van der Waals surface area contributed by atoms with E-state index in [9.17, 15) is 4.79 Å². The number of carboxylic acid groups (broad SMARTS) is 1. The van der Waals surface area contributed by atoms with Crippen molar-refractivity contribution in [1.29, 1.82) is 0 Å². The first-order valence-electron chi connectivity index (χ1n) is 9.51. The summed E-state index contributed by atoms with van der Waals surface area (Å²) < 4.78 is 12.7. The van der Waals surface area contributed by atoms with Gasteiger partial charge in [0.2, 0.25) is 0 Å². The molecule has 30 heavy (non-hydrogen) atoms. The molecule has 4 rings (SSSR count). The van der Waals surface area contributed by atoms with Crippen molar-refractivity contribution in [2.45, 2.75) is 31.7 Å². The van der Waals surface area contributed by atoms with Crippen LogP contribution in [0.3, 0.4) is 0 Å². The third-order valence-corrected chi connectivity index (χ3v) is 5.73. The molecule has 1 aliphatic rings. The number of benzene rings is 3. The highest BCUT2D eigenvalue weighted by atomic mass is 35.5. The zero-order valence-corrected chi connectivity index (χ0v) is 17.8. The fourth-order valence-corrected chi connectivity index (χ4v) is 4.08. The maximum absolute atomic E-state index is 11.1. The van der Waals surface area contributed by atoms with Gasteiger partial charge >= 0.3 is 5.97 Å². The average Bonchev–Trinajstić information content (AvgIpc) is 2.98. The number of ether oxygens (including phenoxy) is 2. The van der Waals surface area contributed by atoms with Crippen molar-refractivity contribution >= 4 is 29.2 Å². The van der Waals surface area contributed by atoms with Crippen LogP contribution in [0.15, 0.2) is 66.7 Å². The number of carboxylic acids is 1. The minimum Gasteiger partial charge on any atom is -0.484 e. The van der Waals surface area contributed by atoms with Gasteiger partial charge in [-0.3, -0.25) is 0 Å². The molecule has 3 aromatic carbocycles. The molecule has 0 fully saturated rings. The summed E-state index contributed by atoms with van der Waals surface area (Å²) in [6.07, 6.45) is 0.200. The Morgan fingerprint density at radius 2 is 1.63 bits per heavy atom. The minimum absolute atomic E-state index is 0.252. The van der Waals surface area contributed by atoms with Gasteiger partial charge in [0.15, 0.2) is 0 Å². The summed E-state index contributed by atoms with van der Waals surface area (Å²) in [4.78, 5) is 11.1. The van der Waals surface area contributed by atoms with Crippen LogP contribution in [-0.4, -0.2) is 16.7 Å². The Morgan fingerprint density at radius 1 is 1.00 bits per heavy atom. The van der Waals surface area contributed by atoms with Crippen LogP contribution >= 0.6 is 23.2 Å². The minimum atomic E-state index is -0.948. The topological polar surface area (TPSA) is 55.8 Å². The van der Waals surface area contributed by atoms with Gasteiger partial charge in [0.1, 0.15) is 17.5 Å². The van der Waals surface area contributed by atoms with Crippen molar-refractivity contribution in [2.75, 3.05) is 0 Å². The van der Waals surface area contributed by atoms with Gasteiger partial charge < -0.3 is 14.6 Å². The summed E-state index contributed by atoms with van der Waals surface area (Å²) in [6.45, 7) is 2.39. The molecule has 0 saturated heterocycles. The summed E-state index contributed by atoms with van der Waals surface area (Å²) in [5.41, 5.74) is 2.44. The first-order valence-corrected chi connectivity index (χ1v) is 10.3. The molecule has 0 bridgehead atoms. The van der Waals surface area contributed by atoms with Crippen LogP contribution in [0.1, 0.15) is 40.1 Å². The Kier molecular flexibility index (Phi) is 5.74. The molecule has 2 atom stereocenters. The normalized spacial score (nSPS) is 19.9. The van der Waals surface area contributed by atoms with E-state index in [1.165, 1.54) is 0 Å². The van der Waals surface area contributed by atoms with Gasteiger partial charge in [0.25, 0.3) is 0 Å². The maximum Gasteiger partial charge on any atom is 0.335 e. The second-order valence-corrected chi connectivity index (χ2v) is 8.47. The molecule has 0 aliphatic carbocycles. The second-order valence-electron chi connectivity index (χ2n) is 7.59. The van der Waals surface area contributed by atoms with Crippen LogP contribution in [-0.2, 0) is 17.8 Å². The maximum atomic E-state index is 11.1. The van der Waals surface area contributed by atoms with Crippen LogP contribution < -0.4 is 4.74 Å². The fourth-order valence-electron chi connectivity index (χ4n) is 3.78. The summed E-state index contributed by atoms with van der Waals surface area (Å²) in [5, 5.41) is 10.4. The highest BCUT2D eigenvalue weighted by molar-refractivity contribution is 6.30. The SMILES string of the molecule is C[C@@]1(Cc2ccc(C(=O)O)cc2)Oc2ccc(Cl)cc2[C@@H]1OCc1ccc(Cl)cc1. The smallest absolute Gasteiger partial charge is 0.335 e. The first kappa shape index (κ1) is 20.7. The molecule has 1 aliphatic heterocycles. The number of fused-ring (bicyclic) bond motifs is 1. The Balaban J connectivity index is 1.60. The van der Waals surface area contributed by atoms with Crippen LogP contribution in [0.2, 0.25) is 10.0 Å². The predicted molar refractivity (Wildman–Crippen MR) is 117 cm³/mol. The molecule has 0 amide bonds. The zero-order valence-electron chi connectivity index (χ0n) is 16.3. The van der Waals surface area contributed by atoms with Gasteiger partial charge in [0, 0.05) is 22.0 Å². The summed E-state index contributed by atoms with van der Waals surface area (Å²) in [6, 6.07) is 19.9. The molecule has 1 heterocycles. The summed E-state index contributed by atoms with van der Waals surface area (Å²) in [5.74, 6) is -0.207.